The van der Waals surface area contributed by atoms with Gasteiger partial charge in [0.1, 0.15) is 0 Å². The van der Waals surface area contributed by atoms with Crippen molar-refractivity contribution < 1.29 is 20.1 Å². The van der Waals surface area contributed by atoms with Crippen molar-refractivity contribution >= 4 is 5.97 Å². The van der Waals surface area contributed by atoms with Crippen LogP contribution in [0.4, 0.5) is 0 Å². The Kier molecular flexibility index (Phi) is 9.80. The predicted molar refractivity (Wildman–Crippen MR) is 65.9 cm³/mol. The third kappa shape index (κ3) is 9.29. The van der Waals surface area contributed by atoms with Crippen molar-refractivity contribution in [2.75, 3.05) is 13.2 Å². The Morgan fingerprint density at radius 1 is 1.00 bits per heavy atom. The SMILES string of the molecule is O=C(O)c1ccccc1.OCCC=CCCO. The molecule has 0 aliphatic heterocycles. The number of carboxylic acids is 1. The molecule has 4 nitrogen and oxygen atoms in total. The lowest BCUT2D eigenvalue weighted by Gasteiger charge is -1.88. The van der Waals surface area contributed by atoms with Crippen LogP contribution >= 0.6 is 0 Å². The highest BCUT2D eigenvalue weighted by atomic mass is 16.4. The van der Waals surface area contributed by atoms with Gasteiger partial charge < -0.3 is 15.3 Å². The molecule has 1 rings (SSSR count). The number of aliphatic hydroxyl groups is 2. The van der Waals surface area contributed by atoms with Gasteiger partial charge in [-0.2, -0.15) is 0 Å². The second-order valence-corrected chi connectivity index (χ2v) is 3.17. The maximum atomic E-state index is 10.2. The van der Waals surface area contributed by atoms with Gasteiger partial charge in [-0.05, 0) is 25.0 Å². The van der Waals surface area contributed by atoms with Crippen molar-refractivity contribution in [2.45, 2.75) is 12.8 Å². The lowest BCUT2D eigenvalue weighted by Crippen LogP contribution is -1.93. The van der Waals surface area contributed by atoms with E-state index in [0.29, 0.717) is 18.4 Å². The van der Waals surface area contributed by atoms with Crippen LogP contribution in [0, 0.1) is 0 Å². The highest BCUT2D eigenvalue weighted by Crippen LogP contribution is 1.96. The van der Waals surface area contributed by atoms with Crippen LogP contribution in [-0.4, -0.2) is 34.5 Å². The Bertz CT molecular complexity index is 311. The van der Waals surface area contributed by atoms with Gasteiger partial charge in [-0.25, -0.2) is 4.79 Å². The summed E-state index contributed by atoms with van der Waals surface area (Å²) < 4.78 is 0. The monoisotopic (exact) mass is 238 g/mol. The number of carbonyl (C=O) groups is 1. The molecule has 0 fully saturated rings. The van der Waals surface area contributed by atoms with Crippen molar-refractivity contribution in [2.24, 2.45) is 0 Å². The van der Waals surface area contributed by atoms with Crippen LogP contribution in [0.2, 0.25) is 0 Å². The molecular weight excluding hydrogens is 220 g/mol. The van der Waals surface area contributed by atoms with E-state index in [-0.39, 0.29) is 13.2 Å². The summed E-state index contributed by atoms with van der Waals surface area (Å²) in [5.41, 5.74) is 0.331. The van der Waals surface area contributed by atoms with Gasteiger partial charge in [-0.15, -0.1) is 0 Å². The maximum Gasteiger partial charge on any atom is 0.335 e. The van der Waals surface area contributed by atoms with Crippen LogP contribution in [0.5, 0.6) is 0 Å². The molecule has 3 N–H and O–H groups in total. The van der Waals surface area contributed by atoms with Crippen LogP contribution in [0.3, 0.4) is 0 Å². The minimum atomic E-state index is -0.879. The number of benzene rings is 1. The van der Waals surface area contributed by atoms with Crippen LogP contribution < -0.4 is 0 Å². The van der Waals surface area contributed by atoms with E-state index in [1.165, 1.54) is 0 Å². The van der Waals surface area contributed by atoms with E-state index in [1.54, 1.807) is 30.3 Å². The van der Waals surface area contributed by atoms with E-state index < -0.39 is 5.97 Å². The quantitative estimate of drug-likeness (QED) is 0.682. The minimum Gasteiger partial charge on any atom is -0.478 e. The van der Waals surface area contributed by atoms with E-state index in [4.69, 9.17) is 15.3 Å². The molecule has 0 unspecified atom stereocenters. The van der Waals surface area contributed by atoms with E-state index >= 15 is 0 Å². The molecule has 0 heterocycles. The van der Waals surface area contributed by atoms with Crippen molar-refractivity contribution in [3.63, 3.8) is 0 Å². The molecule has 0 amide bonds. The first kappa shape index (κ1) is 15.3. The fourth-order valence-electron chi connectivity index (χ4n) is 0.966. The predicted octanol–water partition coefficient (Wildman–Crippen LogP) is 1.69. The summed E-state index contributed by atoms with van der Waals surface area (Å²) in [6.45, 7) is 0.393. The molecule has 0 saturated heterocycles. The first-order chi connectivity index (χ1) is 8.22. The van der Waals surface area contributed by atoms with Crippen molar-refractivity contribution in [3.8, 4) is 0 Å². The highest BCUT2D eigenvalue weighted by molar-refractivity contribution is 5.87. The molecule has 0 bridgehead atoms. The van der Waals surface area contributed by atoms with Crippen LogP contribution in [-0.2, 0) is 0 Å². The number of aromatic carboxylic acids is 1. The number of carboxylic acid groups (broad SMARTS) is 1. The molecule has 0 aliphatic rings. The number of rotatable bonds is 5. The van der Waals surface area contributed by atoms with E-state index in [0.717, 1.165) is 0 Å². The zero-order chi connectivity index (χ0) is 12.9. The van der Waals surface area contributed by atoms with Gasteiger partial charge >= 0.3 is 5.97 Å². The molecule has 0 aliphatic carbocycles. The van der Waals surface area contributed by atoms with E-state index in [2.05, 4.69) is 0 Å². The average molecular weight is 238 g/mol. The molecule has 0 radical (unpaired) electrons. The number of aliphatic hydroxyl groups excluding tert-OH is 2. The van der Waals surface area contributed by atoms with E-state index in [9.17, 15) is 4.79 Å². The lowest BCUT2D eigenvalue weighted by atomic mass is 10.2. The van der Waals surface area contributed by atoms with Gasteiger partial charge in [0.2, 0.25) is 0 Å². The molecular formula is C13H18O4. The summed E-state index contributed by atoms with van der Waals surface area (Å²) in [5, 5.41) is 24.9. The largest absolute Gasteiger partial charge is 0.478 e. The number of hydrogen-bond donors (Lipinski definition) is 3. The van der Waals surface area contributed by atoms with Crippen LogP contribution in [0.1, 0.15) is 23.2 Å². The lowest BCUT2D eigenvalue weighted by molar-refractivity contribution is 0.0697. The first-order valence-electron chi connectivity index (χ1n) is 5.37. The molecule has 4 heteroatoms. The molecule has 1 aromatic rings. The highest BCUT2D eigenvalue weighted by Gasteiger charge is 1.96. The third-order valence-electron chi connectivity index (χ3n) is 1.78. The summed E-state index contributed by atoms with van der Waals surface area (Å²) in [5.74, 6) is -0.879. The zero-order valence-electron chi connectivity index (χ0n) is 9.62. The second-order valence-electron chi connectivity index (χ2n) is 3.17. The fraction of sp³-hybridized carbons (Fsp3) is 0.308. The normalized spacial score (nSPS) is 9.76. The van der Waals surface area contributed by atoms with E-state index in [1.807, 2.05) is 12.2 Å². The van der Waals surface area contributed by atoms with Crippen molar-refractivity contribution in [3.05, 3.63) is 48.0 Å². The van der Waals surface area contributed by atoms with Crippen LogP contribution in [0.25, 0.3) is 0 Å². The Hall–Kier alpha value is -1.65. The zero-order valence-corrected chi connectivity index (χ0v) is 9.62. The Labute approximate surface area is 101 Å². The van der Waals surface area contributed by atoms with Gasteiger partial charge in [0, 0.05) is 13.2 Å². The van der Waals surface area contributed by atoms with Crippen LogP contribution in [0.15, 0.2) is 42.5 Å². The Morgan fingerprint density at radius 2 is 1.47 bits per heavy atom. The van der Waals surface area contributed by atoms with Crippen molar-refractivity contribution in [1.82, 2.24) is 0 Å². The van der Waals surface area contributed by atoms with Crippen molar-refractivity contribution in [1.29, 1.82) is 0 Å². The van der Waals surface area contributed by atoms with Gasteiger partial charge in [-0.1, -0.05) is 30.4 Å². The first-order valence-corrected chi connectivity index (χ1v) is 5.37. The molecule has 94 valence electrons. The van der Waals surface area contributed by atoms with Gasteiger partial charge in [0.05, 0.1) is 5.56 Å². The summed E-state index contributed by atoms with van der Waals surface area (Å²) in [7, 11) is 0. The smallest absolute Gasteiger partial charge is 0.335 e. The number of hydrogen-bond acceptors (Lipinski definition) is 3. The van der Waals surface area contributed by atoms with Gasteiger partial charge in [0.15, 0.2) is 0 Å². The molecule has 0 atom stereocenters. The Balaban J connectivity index is 0.000000304. The maximum absolute atomic E-state index is 10.2. The molecule has 1 aromatic carbocycles. The second kappa shape index (κ2) is 10.9. The van der Waals surface area contributed by atoms with Gasteiger partial charge in [0.25, 0.3) is 0 Å². The fourth-order valence-corrected chi connectivity index (χ4v) is 0.966. The third-order valence-corrected chi connectivity index (χ3v) is 1.78. The summed E-state index contributed by atoms with van der Waals surface area (Å²) in [4.78, 5) is 10.2. The minimum absolute atomic E-state index is 0.196. The molecule has 0 aromatic heterocycles. The average Bonchev–Trinajstić information content (AvgIpc) is 2.37. The summed E-state index contributed by atoms with van der Waals surface area (Å²) in [6.07, 6.45) is 5.10. The summed E-state index contributed by atoms with van der Waals surface area (Å²) >= 11 is 0. The molecule has 17 heavy (non-hydrogen) atoms. The Morgan fingerprint density at radius 3 is 1.76 bits per heavy atom. The standard InChI is InChI=1S/C7H6O2.C6H12O2/c8-7(9)6-4-2-1-3-5-6;7-5-3-1-2-4-6-8/h1-5H,(H,8,9);1-2,7-8H,3-6H2. The van der Waals surface area contributed by atoms with Gasteiger partial charge in [-0.3, -0.25) is 0 Å². The summed E-state index contributed by atoms with van der Waals surface area (Å²) in [6, 6.07) is 8.30. The molecule has 0 spiro atoms. The molecule has 0 saturated carbocycles. The topological polar surface area (TPSA) is 77.8 Å².